The first kappa shape index (κ1) is 28.8. The molecular weight excluding hydrogens is 546 g/mol. The summed E-state index contributed by atoms with van der Waals surface area (Å²) < 4.78 is 39.2. The number of carbonyl (C=O) groups excluding carboxylic acids is 1. The second kappa shape index (κ2) is 14.2. The molecule has 0 aromatic heterocycles. The number of anilines is 1. The van der Waals surface area contributed by atoms with Gasteiger partial charge in [-0.2, -0.15) is 0 Å². The second-order valence-electron chi connectivity index (χ2n) is 8.57. The molecule has 0 aliphatic heterocycles. The highest BCUT2D eigenvalue weighted by Gasteiger charge is 2.15. The van der Waals surface area contributed by atoms with Crippen LogP contribution in [-0.4, -0.2) is 39.2 Å². The summed E-state index contributed by atoms with van der Waals surface area (Å²) in [4.78, 5) is 13.0. The second-order valence-corrected chi connectivity index (χ2v) is 10.7. The fourth-order valence-corrected chi connectivity index (χ4v) is 4.96. The Morgan fingerprint density at radius 2 is 1.38 bits per heavy atom. The van der Waals surface area contributed by atoms with Gasteiger partial charge in [0.15, 0.2) is 5.11 Å². The third-order valence-corrected chi connectivity index (χ3v) is 7.36. The van der Waals surface area contributed by atoms with E-state index in [0.717, 1.165) is 11.3 Å². The number of hydrogen-bond acceptors (Lipinski definition) is 6. The van der Waals surface area contributed by atoms with Crippen molar-refractivity contribution in [3.8, 4) is 11.5 Å². The van der Waals surface area contributed by atoms with Gasteiger partial charge in [0.05, 0.1) is 10.5 Å². The summed E-state index contributed by atoms with van der Waals surface area (Å²) in [6.07, 6.45) is 0.587. The molecule has 0 unspecified atom stereocenters. The van der Waals surface area contributed by atoms with Gasteiger partial charge in [0.25, 0.3) is 5.91 Å². The molecule has 0 aliphatic carbocycles. The average Bonchev–Trinajstić information content (AvgIpc) is 2.97. The monoisotopic (exact) mass is 575 g/mol. The summed E-state index contributed by atoms with van der Waals surface area (Å²) in [5.41, 5.74) is 1.89. The number of thiocarbonyl (C=S) groups is 1. The third-order valence-electron chi connectivity index (χ3n) is 5.68. The van der Waals surface area contributed by atoms with Crippen LogP contribution in [0.1, 0.15) is 15.9 Å². The van der Waals surface area contributed by atoms with Crippen LogP contribution < -0.4 is 24.8 Å². The van der Waals surface area contributed by atoms with Gasteiger partial charge in [-0.3, -0.25) is 10.1 Å². The van der Waals surface area contributed by atoms with E-state index in [1.165, 1.54) is 12.1 Å². The highest BCUT2D eigenvalue weighted by atomic mass is 32.2. The maximum atomic E-state index is 12.9. The smallest absolute Gasteiger partial charge is 0.261 e. The van der Waals surface area contributed by atoms with E-state index in [1.54, 1.807) is 36.4 Å². The molecule has 4 aromatic rings. The van der Waals surface area contributed by atoms with E-state index in [0.29, 0.717) is 30.0 Å². The topological polar surface area (TPSA) is 106 Å². The minimum absolute atomic E-state index is 0.0591. The summed E-state index contributed by atoms with van der Waals surface area (Å²) >= 11 is 5.29. The minimum Gasteiger partial charge on any atom is -0.490 e. The molecule has 10 heteroatoms. The molecule has 0 saturated carbocycles. The van der Waals surface area contributed by atoms with Crippen molar-refractivity contribution in [3.63, 3.8) is 0 Å². The summed E-state index contributed by atoms with van der Waals surface area (Å²) in [6.45, 7) is 0.847. The van der Waals surface area contributed by atoms with Gasteiger partial charge >= 0.3 is 0 Å². The Hall–Kier alpha value is -4.25. The number of rotatable bonds is 12. The summed E-state index contributed by atoms with van der Waals surface area (Å²) in [7, 11) is -3.66. The molecule has 3 N–H and O–H groups in total. The lowest BCUT2D eigenvalue weighted by molar-refractivity contribution is 0.0972. The first-order valence-corrected chi connectivity index (χ1v) is 14.5. The summed E-state index contributed by atoms with van der Waals surface area (Å²) in [6, 6.07) is 31.9. The zero-order chi connectivity index (χ0) is 28.2. The van der Waals surface area contributed by atoms with E-state index < -0.39 is 15.9 Å². The van der Waals surface area contributed by atoms with Gasteiger partial charge < -0.3 is 14.8 Å². The molecule has 0 spiro atoms. The predicted octanol–water partition coefficient (Wildman–Crippen LogP) is 4.79. The first-order chi connectivity index (χ1) is 19.4. The number of carbonyl (C=O) groups is 1. The van der Waals surface area contributed by atoms with Crippen LogP contribution in [-0.2, 0) is 16.4 Å². The van der Waals surface area contributed by atoms with Gasteiger partial charge in [-0.25, -0.2) is 13.1 Å². The molecule has 40 heavy (non-hydrogen) atoms. The Bertz CT molecular complexity index is 1510. The van der Waals surface area contributed by atoms with Crippen LogP contribution in [0, 0.1) is 0 Å². The number of para-hydroxylation sites is 2. The minimum atomic E-state index is -3.66. The Labute approximate surface area is 239 Å². The van der Waals surface area contributed by atoms with Gasteiger partial charge in [-0.15, -0.1) is 0 Å². The molecule has 206 valence electrons. The summed E-state index contributed by atoms with van der Waals surface area (Å²) in [5, 5.41) is 5.59. The van der Waals surface area contributed by atoms with E-state index in [9.17, 15) is 13.2 Å². The standard InChI is InChI=1S/C30H29N3O5S2/c34-29(27-13-7-8-14-28(27)38-22-21-37-25-11-5-2-6-12-25)33-30(39)32-24-15-17-26(18-16-24)40(35,36)31-20-19-23-9-3-1-4-10-23/h1-18,31H,19-22H2,(H2,32,33,34,39). The van der Waals surface area contributed by atoms with Gasteiger partial charge in [-0.1, -0.05) is 60.7 Å². The van der Waals surface area contributed by atoms with Crippen LogP contribution in [0.2, 0.25) is 0 Å². The molecule has 0 fully saturated rings. The van der Waals surface area contributed by atoms with Crippen molar-refractivity contribution in [3.05, 3.63) is 120 Å². The average molecular weight is 576 g/mol. The van der Waals surface area contributed by atoms with Crippen molar-refractivity contribution in [2.75, 3.05) is 25.1 Å². The van der Waals surface area contributed by atoms with Crippen LogP contribution in [0.25, 0.3) is 0 Å². The Balaban J connectivity index is 1.26. The van der Waals surface area contributed by atoms with Gasteiger partial charge in [0.2, 0.25) is 10.0 Å². The first-order valence-electron chi connectivity index (χ1n) is 12.6. The maximum absolute atomic E-state index is 12.9. The normalized spacial score (nSPS) is 10.9. The van der Waals surface area contributed by atoms with Crippen molar-refractivity contribution in [2.24, 2.45) is 0 Å². The number of nitrogens with one attached hydrogen (secondary N) is 3. The highest BCUT2D eigenvalue weighted by Crippen LogP contribution is 2.19. The van der Waals surface area contributed by atoms with Crippen molar-refractivity contribution < 1.29 is 22.7 Å². The molecule has 4 aromatic carbocycles. The molecule has 1 amide bonds. The molecule has 0 radical (unpaired) electrons. The predicted molar refractivity (Wildman–Crippen MR) is 159 cm³/mol. The Morgan fingerprint density at radius 3 is 2.10 bits per heavy atom. The summed E-state index contributed by atoms with van der Waals surface area (Å²) in [5.74, 6) is 0.686. The Morgan fingerprint density at radius 1 is 0.750 bits per heavy atom. The lowest BCUT2D eigenvalue weighted by Crippen LogP contribution is -2.34. The third kappa shape index (κ3) is 8.63. The number of ether oxygens (including phenoxy) is 2. The van der Waals surface area contributed by atoms with Crippen LogP contribution >= 0.6 is 12.2 Å². The van der Waals surface area contributed by atoms with Crippen molar-refractivity contribution >= 4 is 38.9 Å². The highest BCUT2D eigenvalue weighted by molar-refractivity contribution is 7.89. The number of amides is 1. The largest absolute Gasteiger partial charge is 0.490 e. The molecule has 0 heterocycles. The molecular formula is C30H29N3O5S2. The van der Waals surface area contributed by atoms with Gasteiger partial charge in [-0.05, 0) is 72.7 Å². The lowest BCUT2D eigenvalue weighted by atomic mass is 10.2. The van der Waals surface area contributed by atoms with E-state index >= 15 is 0 Å². The van der Waals surface area contributed by atoms with Crippen molar-refractivity contribution in [1.82, 2.24) is 10.0 Å². The van der Waals surface area contributed by atoms with Crippen molar-refractivity contribution in [2.45, 2.75) is 11.3 Å². The molecule has 8 nitrogen and oxygen atoms in total. The molecule has 0 bridgehead atoms. The quantitative estimate of drug-likeness (QED) is 0.165. The van der Waals surface area contributed by atoms with Crippen molar-refractivity contribution in [1.29, 1.82) is 0 Å². The Kier molecular flexibility index (Phi) is 10.2. The zero-order valence-corrected chi connectivity index (χ0v) is 23.2. The van der Waals surface area contributed by atoms with Crippen LogP contribution in [0.4, 0.5) is 5.69 Å². The lowest BCUT2D eigenvalue weighted by Gasteiger charge is -2.14. The van der Waals surface area contributed by atoms with E-state index in [1.807, 2.05) is 60.7 Å². The van der Waals surface area contributed by atoms with E-state index in [-0.39, 0.29) is 23.2 Å². The number of sulfonamides is 1. The van der Waals surface area contributed by atoms with Crippen LogP contribution in [0.3, 0.4) is 0 Å². The fourth-order valence-electron chi connectivity index (χ4n) is 3.72. The SMILES string of the molecule is O=C(NC(=S)Nc1ccc(S(=O)(=O)NCCc2ccccc2)cc1)c1ccccc1OCCOc1ccccc1. The zero-order valence-electron chi connectivity index (χ0n) is 21.6. The van der Waals surface area contributed by atoms with Crippen LogP contribution in [0.15, 0.2) is 114 Å². The van der Waals surface area contributed by atoms with E-state index in [2.05, 4.69) is 15.4 Å². The van der Waals surface area contributed by atoms with Crippen LogP contribution in [0.5, 0.6) is 11.5 Å². The van der Waals surface area contributed by atoms with Gasteiger partial charge in [0.1, 0.15) is 24.7 Å². The molecule has 4 rings (SSSR count). The fraction of sp³-hybridized carbons (Fsp3) is 0.133. The molecule has 0 aliphatic rings. The number of hydrogen-bond donors (Lipinski definition) is 3. The molecule has 0 atom stereocenters. The maximum Gasteiger partial charge on any atom is 0.261 e. The molecule has 0 saturated heterocycles. The van der Waals surface area contributed by atoms with E-state index in [4.69, 9.17) is 21.7 Å². The number of benzene rings is 4. The van der Waals surface area contributed by atoms with Gasteiger partial charge in [0, 0.05) is 12.2 Å².